The SMILES string of the molecule is C=[N+]1C(=O)[C@H](C)NC(=O)[C@H](C)NC(=O)[C@H](CC(C)C)N(C)C(=O)C(C(C)C)NC(=O)[C@H](CC(C)(C)O)N(C)C(=O)[C@H](SC)N(C)C(=O)[C@@H](CC)NC(=O)C([C@@H](O)[C@H](C)C/C=C/C)N(C)C(=O)C(C(C)C)N(C)C(=O)[C@H](CC(C)C)[N+](C)([O-])[C@@H]1CC(C)C. The van der Waals surface area contributed by atoms with Crippen LogP contribution in [0.4, 0.5) is 0 Å². The van der Waals surface area contributed by atoms with Crippen LogP contribution in [0.5, 0.6) is 0 Å². The summed E-state index contributed by atoms with van der Waals surface area (Å²) in [5, 5.41) is 48.6. The third-order valence-corrected chi connectivity index (χ3v) is 17.3. The van der Waals surface area contributed by atoms with Crippen molar-refractivity contribution in [2.75, 3.05) is 48.5 Å². The molecule has 6 N–H and O–H groups in total. The molecular weight excluding hydrogens is 1140 g/mol. The molecule has 1 heterocycles. The molecule has 0 aliphatic carbocycles. The summed E-state index contributed by atoms with van der Waals surface area (Å²) in [7, 11) is 8.02. The van der Waals surface area contributed by atoms with Crippen molar-refractivity contribution in [3.63, 3.8) is 0 Å². The van der Waals surface area contributed by atoms with E-state index in [9.17, 15) is 48.6 Å². The maximum Gasteiger partial charge on any atom is 0.413 e. The number of carbonyl (C=O) groups excluding carboxylic acids is 10. The molecule has 0 saturated carbocycles. The molecule has 10 amide bonds. The highest BCUT2D eigenvalue weighted by molar-refractivity contribution is 7.99. The van der Waals surface area contributed by atoms with Crippen LogP contribution in [0.3, 0.4) is 0 Å². The monoisotopic (exact) mass is 1250 g/mol. The van der Waals surface area contributed by atoms with Crippen molar-refractivity contribution < 1.29 is 67.4 Å². The average Bonchev–Trinajstić information content (AvgIpc) is 1.06. The number of hydrogen-bond donors (Lipinski definition) is 6. The lowest BCUT2D eigenvalue weighted by atomic mass is 9.91. The first-order valence-corrected chi connectivity index (χ1v) is 32.0. The zero-order valence-electron chi connectivity index (χ0n) is 56.9. The fourth-order valence-corrected chi connectivity index (χ4v) is 11.8. The average molecular weight is 1250 g/mol. The summed E-state index contributed by atoms with van der Waals surface area (Å²) >= 11 is 0.950. The summed E-state index contributed by atoms with van der Waals surface area (Å²) in [6.07, 6.45) is 2.26. The predicted octanol–water partition coefficient (Wildman–Crippen LogP) is 3.30. The van der Waals surface area contributed by atoms with Crippen molar-refractivity contribution >= 4 is 77.6 Å². The van der Waals surface area contributed by atoms with E-state index < -0.39 is 159 Å². The largest absolute Gasteiger partial charge is 0.628 e. The van der Waals surface area contributed by atoms with Crippen LogP contribution in [-0.2, 0) is 47.9 Å². The molecule has 0 radical (unpaired) electrons. The fourth-order valence-electron chi connectivity index (χ4n) is 11.0. The van der Waals surface area contributed by atoms with E-state index in [-0.39, 0.29) is 56.3 Å². The van der Waals surface area contributed by atoms with Gasteiger partial charge in [-0.05, 0) is 95.6 Å². The van der Waals surface area contributed by atoms with Crippen molar-refractivity contribution in [2.24, 2.45) is 35.5 Å². The molecule has 1 aliphatic rings. The van der Waals surface area contributed by atoms with E-state index in [0.717, 1.165) is 31.0 Å². The van der Waals surface area contributed by atoms with E-state index in [1.807, 2.05) is 41.5 Å². The van der Waals surface area contributed by atoms with Gasteiger partial charge < -0.3 is 61.2 Å². The molecule has 0 bridgehead atoms. The van der Waals surface area contributed by atoms with Crippen LogP contribution in [0.25, 0.3) is 0 Å². The van der Waals surface area contributed by atoms with Crippen molar-refractivity contribution in [2.45, 2.75) is 234 Å². The Morgan fingerprint density at radius 1 is 0.644 bits per heavy atom. The Hall–Kier alpha value is -5.50. The van der Waals surface area contributed by atoms with Crippen LogP contribution >= 0.6 is 11.8 Å². The summed E-state index contributed by atoms with van der Waals surface area (Å²) in [6, 6.07) is -12.4. The molecule has 25 heteroatoms. The number of rotatable bonds is 16. The molecule has 4 unspecified atom stereocenters. The van der Waals surface area contributed by atoms with Gasteiger partial charge in [0.1, 0.15) is 49.0 Å². The maximum absolute atomic E-state index is 15.7. The fraction of sp³-hybridized carbons (Fsp3) is 0.790. The molecule has 24 nitrogen and oxygen atoms in total. The first-order chi connectivity index (χ1) is 39.9. The zero-order valence-corrected chi connectivity index (χ0v) is 57.7. The van der Waals surface area contributed by atoms with E-state index >= 15 is 14.8 Å². The van der Waals surface area contributed by atoms with Gasteiger partial charge in [-0.15, -0.1) is 16.3 Å². The van der Waals surface area contributed by atoms with Crippen molar-refractivity contribution in [3.8, 4) is 0 Å². The number of hydrogen-bond acceptors (Lipinski definition) is 14. The standard InChI is InChI=1S/C62H111N11O13S/c1-26-28-29-39(13)50(74)49-54(78)65-42(27-2)56(80)72(23)61(87-25)60(84)68(19)44(33-62(16,17)85)53(77)66-47(37(9)10)58(82)67(18)43(30-34(3)4)52(76)63-40(14)51(75)64-41(15)55(79)69(20)46(32-36(7)8)73(24,86)45(31-35(5)6)57(81)70(21)48(38(11)12)59(83)71(49)22/h26,28,34-50,61,74,85H,20,27,29-33H2,1-19,21-25H3,(H3-,63,64,65,66,75,76,77,78)/p+1/b28-26+/t39-,40+,41+,42-,43+,44+,45+,46-,47?,48?,49?,50+,61+,73?/m1/s1. The summed E-state index contributed by atoms with van der Waals surface area (Å²) in [4.78, 5) is 153. The number of aliphatic hydroxyl groups excluding tert-OH is 1. The van der Waals surface area contributed by atoms with Crippen LogP contribution in [0.2, 0.25) is 0 Å². The number of carbonyl (C=O) groups is 10. The minimum Gasteiger partial charge on any atom is -0.628 e. The number of hydroxylamine groups is 3. The Balaban J connectivity index is 4.50. The van der Waals surface area contributed by atoms with Gasteiger partial charge in [0, 0.05) is 48.1 Å². The van der Waals surface area contributed by atoms with Gasteiger partial charge >= 0.3 is 5.91 Å². The van der Waals surface area contributed by atoms with Gasteiger partial charge in [-0.2, -0.15) is 0 Å². The van der Waals surface area contributed by atoms with Crippen molar-refractivity contribution in [1.82, 2.24) is 45.8 Å². The summed E-state index contributed by atoms with van der Waals surface area (Å²) in [5.41, 5.74) is -1.57. The second-order valence-corrected chi connectivity index (χ2v) is 27.6. The van der Waals surface area contributed by atoms with Gasteiger partial charge in [0.05, 0.1) is 25.2 Å². The van der Waals surface area contributed by atoms with Crippen molar-refractivity contribution in [3.05, 3.63) is 17.4 Å². The number of quaternary nitrogens is 1. The van der Waals surface area contributed by atoms with Crippen molar-refractivity contribution in [1.29, 1.82) is 0 Å². The summed E-state index contributed by atoms with van der Waals surface area (Å²) in [5.74, 6) is -10.4. The minimum atomic E-state index is -1.67. The second-order valence-electron chi connectivity index (χ2n) is 26.7. The molecule has 1 rings (SSSR count). The zero-order chi connectivity index (χ0) is 67.8. The highest BCUT2D eigenvalue weighted by Gasteiger charge is 2.51. The minimum absolute atomic E-state index is 0.0166. The van der Waals surface area contributed by atoms with Gasteiger partial charge in [-0.25, -0.2) is 4.79 Å². The Labute approximate surface area is 523 Å². The number of thioether (sulfide) groups is 1. The number of likely N-dealkylation sites (N-methyl/N-ethyl adjacent to an activating group) is 6. The predicted molar refractivity (Wildman–Crippen MR) is 339 cm³/mol. The van der Waals surface area contributed by atoms with Gasteiger partial charge in [0.25, 0.3) is 18.0 Å². The smallest absolute Gasteiger partial charge is 0.413 e. The quantitative estimate of drug-likeness (QED) is 0.0560. The molecule has 0 aromatic rings. The number of nitrogens with zero attached hydrogens (tertiary/aromatic N) is 7. The maximum atomic E-state index is 15.7. The first-order valence-electron chi connectivity index (χ1n) is 30.7. The first kappa shape index (κ1) is 79.5. The lowest BCUT2D eigenvalue weighted by molar-refractivity contribution is -0.976. The molecule has 14 atom stereocenters. The van der Waals surface area contributed by atoms with E-state index in [1.54, 1.807) is 66.9 Å². The van der Waals surface area contributed by atoms with Crippen LogP contribution in [0.15, 0.2) is 12.2 Å². The summed E-state index contributed by atoms with van der Waals surface area (Å²) in [6.45, 7) is 32.5. The molecule has 0 spiro atoms. The molecule has 498 valence electrons. The van der Waals surface area contributed by atoms with E-state index in [4.69, 9.17) is 0 Å². The Morgan fingerprint density at radius 2 is 1.14 bits per heavy atom. The van der Waals surface area contributed by atoms with Crippen LogP contribution in [0.1, 0.15) is 156 Å². The Kier molecular flexibility index (Phi) is 31.5. The van der Waals surface area contributed by atoms with Gasteiger partial charge in [-0.3, -0.25) is 47.8 Å². The lowest BCUT2D eigenvalue weighted by Gasteiger charge is -2.49. The third-order valence-electron chi connectivity index (χ3n) is 16.3. The Bertz CT molecular complexity index is 2430. The number of amides is 10. The highest BCUT2D eigenvalue weighted by Crippen LogP contribution is 2.30. The molecule has 0 aromatic heterocycles. The number of aliphatic hydroxyl groups is 2. The summed E-state index contributed by atoms with van der Waals surface area (Å²) < 4.78 is -0.391. The van der Waals surface area contributed by atoms with E-state index in [0.29, 0.717) is 0 Å². The normalized spacial score (nSPS) is 29.1. The third kappa shape index (κ3) is 21.6. The van der Waals surface area contributed by atoms with Gasteiger partial charge in [0.2, 0.25) is 41.4 Å². The molecule has 1 aliphatic heterocycles. The van der Waals surface area contributed by atoms with Crippen LogP contribution in [-0.4, -0.2) is 236 Å². The molecular formula is C62H112N11O13S+. The van der Waals surface area contributed by atoms with Gasteiger partial charge in [-0.1, -0.05) is 95.2 Å². The van der Waals surface area contributed by atoms with E-state index in [2.05, 4.69) is 28.0 Å². The lowest BCUT2D eigenvalue weighted by Crippen LogP contribution is -2.67. The molecule has 1 fully saturated rings. The molecule has 87 heavy (non-hydrogen) atoms. The highest BCUT2D eigenvalue weighted by atomic mass is 32.2. The second kappa shape index (κ2) is 34.5. The van der Waals surface area contributed by atoms with Gasteiger partial charge in [0.15, 0.2) is 17.5 Å². The van der Waals surface area contributed by atoms with Crippen LogP contribution < -0.4 is 21.3 Å². The number of allylic oxidation sites excluding steroid dienone is 2. The Morgan fingerprint density at radius 3 is 1.60 bits per heavy atom. The van der Waals surface area contributed by atoms with E-state index in [1.165, 1.54) is 79.8 Å². The van der Waals surface area contributed by atoms with Crippen LogP contribution in [0, 0.1) is 40.7 Å². The number of nitrogens with one attached hydrogen (secondary N) is 4. The molecule has 1 saturated heterocycles. The topological polar surface area (TPSA) is 302 Å². The molecule has 0 aromatic carbocycles.